The van der Waals surface area contributed by atoms with Gasteiger partial charge in [0, 0.05) is 10.4 Å². The van der Waals surface area contributed by atoms with Gasteiger partial charge in [0.1, 0.15) is 11.3 Å². The Morgan fingerprint density at radius 1 is 1.29 bits per heavy atom. The zero-order chi connectivity index (χ0) is 12.6. The van der Waals surface area contributed by atoms with E-state index in [9.17, 15) is 13.2 Å². The van der Waals surface area contributed by atoms with E-state index in [0.29, 0.717) is 16.0 Å². The SMILES string of the molecule is NC(CC(F)(F)F)c1cc2cc(Cl)ccc2o1. The number of alkyl halides is 3. The number of rotatable bonds is 2. The molecule has 0 fully saturated rings. The van der Waals surface area contributed by atoms with E-state index in [-0.39, 0.29) is 5.76 Å². The molecule has 1 atom stereocenters. The molecule has 0 saturated carbocycles. The maximum absolute atomic E-state index is 12.2. The topological polar surface area (TPSA) is 39.2 Å². The second-order valence-electron chi connectivity index (χ2n) is 3.76. The minimum absolute atomic E-state index is 0.111. The van der Waals surface area contributed by atoms with Crippen LogP contribution in [0.1, 0.15) is 18.2 Å². The van der Waals surface area contributed by atoms with Crippen molar-refractivity contribution in [2.24, 2.45) is 5.73 Å². The van der Waals surface area contributed by atoms with Crippen LogP contribution in [0.4, 0.5) is 13.2 Å². The first-order chi connectivity index (χ1) is 7.85. The number of nitrogens with two attached hydrogens (primary N) is 1. The largest absolute Gasteiger partial charge is 0.459 e. The van der Waals surface area contributed by atoms with E-state index in [2.05, 4.69) is 0 Å². The Hall–Kier alpha value is -1.20. The third-order valence-electron chi connectivity index (χ3n) is 2.31. The van der Waals surface area contributed by atoms with Crippen LogP contribution in [0.25, 0.3) is 11.0 Å². The summed E-state index contributed by atoms with van der Waals surface area (Å²) in [6.07, 6.45) is -5.42. The highest BCUT2D eigenvalue weighted by atomic mass is 35.5. The quantitative estimate of drug-likeness (QED) is 0.888. The van der Waals surface area contributed by atoms with Crippen molar-refractivity contribution in [3.8, 4) is 0 Å². The average Bonchev–Trinajstić information content (AvgIpc) is 2.57. The molecule has 1 unspecified atom stereocenters. The van der Waals surface area contributed by atoms with Crippen molar-refractivity contribution in [1.29, 1.82) is 0 Å². The van der Waals surface area contributed by atoms with Gasteiger partial charge in [0.15, 0.2) is 0 Å². The first-order valence-electron chi connectivity index (χ1n) is 4.86. The molecule has 0 aliphatic carbocycles. The van der Waals surface area contributed by atoms with Crippen molar-refractivity contribution in [3.63, 3.8) is 0 Å². The number of hydrogen-bond donors (Lipinski definition) is 1. The lowest BCUT2D eigenvalue weighted by Gasteiger charge is -2.10. The molecule has 2 rings (SSSR count). The Kier molecular flexibility index (Phi) is 3.05. The van der Waals surface area contributed by atoms with Crippen molar-refractivity contribution < 1.29 is 17.6 Å². The summed E-state index contributed by atoms with van der Waals surface area (Å²) < 4.78 is 41.8. The molecule has 0 bridgehead atoms. The third kappa shape index (κ3) is 2.92. The molecule has 6 heteroatoms. The maximum atomic E-state index is 12.2. The summed E-state index contributed by atoms with van der Waals surface area (Å²) >= 11 is 5.76. The maximum Gasteiger partial charge on any atom is 0.391 e. The molecule has 0 radical (unpaired) electrons. The molecular formula is C11H9ClF3NO. The predicted octanol–water partition coefficient (Wildman–Crippen LogP) is 4.04. The molecular weight excluding hydrogens is 255 g/mol. The summed E-state index contributed by atoms with van der Waals surface area (Å²) in [7, 11) is 0. The highest BCUT2D eigenvalue weighted by molar-refractivity contribution is 6.31. The summed E-state index contributed by atoms with van der Waals surface area (Å²) in [6, 6.07) is 5.11. The van der Waals surface area contributed by atoms with Crippen LogP contribution in [0.3, 0.4) is 0 Å². The normalized spacial score (nSPS) is 14.2. The van der Waals surface area contributed by atoms with Crippen molar-refractivity contribution in [1.82, 2.24) is 0 Å². The molecule has 1 aromatic carbocycles. The van der Waals surface area contributed by atoms with E-state index in [1.807, 2.05) is 0 Å². The summed E-state index contributed by atoms with van der Waals surface area (Å²) in [5, 5.41) is 1.14. The number of halogens is 4. The number of hydrogen-bond acceptors (Lipinski definition) is 2. The number of furan rings is 1. The Bertz CT molecular complexity index is 535. The second kappa shape index (κ2) is 4.23. The number of fused-ring (bicyclic) bond motifs is 1. The lowest BCUT2D eigenvalue weighted by atomic mass is 10.1. The van der Waals surface area contributed by atoms with Crippen molar-refractivity contribution in [3.05, 3.63) is 35.0 Å². The van der Waals surface area contributed by atoms with Crippen molar-refractivity contribution in [2.45, 2.75) is 18.6 Å². The van der Waals surface area contributed by atoms with Crippen LogP contribution in [0, 0.1) is 0 Å². The molecule has 0 aliphatic rings. The molecule has 17 heavy (non-hydrogen) atoms. The van der Waals surface area contributed by atoms with Gasteiger partial charge >= 0.3 is 6.18 Å². The van der Waals surface area contributed by atoms with Crippen LogP contribution in [-0.4, -0.2) is 6.18 Å². The van der Waals surface area contributed by atoms with E-state index < -0.39 is 18.6 Å². The average molecular weight is 264 g/mol. The highest BCUT2D eigenvalue weighted by Gasteiger charge is 2.32. The molecule has 1 aromatic heterocycles. The molecule has 92 valence electrons. The monoisotopic (exact) mass is 263 g/mol. The van der Waals surface area contributed by atoms with Gasteiger partial charge < -0.3 is 10.2 Å². The fraction of sp³-hybridized carbons (Fsp3) is 0.273. The van der Waals surface area contributed by atoms with Gasteiger partial charge in [0.05, 0.1) is 12.5 Å². The minimum atomic E-state index is -4.31. The molecule has 0 spiro atoms. The summed E-state index contributed by atoms with van der Waals surface area (Å²) in [4.78, 5) is 0. The zero-order valence-corrected chi connectivity index (χ0v) is 9.35. The Balaban J connectivity index is 2.30. The van der Waals surface area contributed by atoms with Crippen LogP contribution in [0.2, 0.25) is 5.02 Å². The van der Waals surface area contributed by atoms with E-state index in [0.717, 1.165) is 0 Å². The Labute approximate surface area is 100 Å². The second-order valence-corrected chi connectivity index (χ2v) is 4.19. The first kappa shape index (κ1) is 12.3. The van der Waals surface area contributed by atoms with E-state index in [4.69, 9.17) is 21.8 Å². The van der Waals surface area contributed by atoms with Crippen molar-refractivity contribution in [2.75, 3.05) is 0 Å². The minimum Gasteiger partial charge on any atom is -0.459 e. The molecule has 2 aromatic rings. The van der Waals surface area contributed by atoms with E-state index >= 15 is 0 Å². The fourth-order valence-electron chi connectivity index (χ4n) is 1.57. The van der Waals surface area contributed by atoms with Gasteiger partial charge in [-0.25, -0.2) is 0 Å². The summed E-state index contributed by atoms with van der Waals surface area (Å²) in [6.45, 7) is 0. The smallest absolute Gasteiger partial charge is 0.391 e. The molecule has 0 saturated heterocycles. The van der Waals surface area contributed by atoms with Crippen LogP contribution in [-0.2, 0) is 0 Å². The summed E-state index contributed by atoms with van der Waals surface area (Å²) in [5.41, 5.74) is 5.91. The van der Waals surface area contributed by atoms with Crippen LogP contribution in [0.15, 0.2) is 28.7 Å². The lowest BCUT2D eigenvalue weighted by Crippen LogP contribution is -2.19. The summed E-state index contributed by atoms with van der Waals surface area (Å²) in [5.74, 6) is 0.111. The van der Waals surface area contributed by atoms with Crippen LogP contribution < -0.4 is 5.73 Å². The van der Waals surface area contributed by atoms with Gasteiger partial charge in [-0.15, -0.1) is 0 Å². The molecule has 2 N–H and O–H groups in total. The van der Waals surface area contributed by atoms with Gasteiger partial charge in [-0.05, 0) is 24.3 Å². The highest BCUT2D eigenvalue weighted by Crippen LogP contribution is 2.31. The van der Waals surface area contributed by atoms with E-state index in [1.54, 1.807) is 18.2 Å². The third-order valence-corrected chi connectivity index (χ3v) is 2.55. The predicted molar refractivity (Wildman–Crippen MR) is 58.8 cm³/mol. The molecule has 0 aliphatic heterocycles. The van der Waals surface area contributed by atoms with Gasteiger partial charge in [-0.3, -0.25) is 0 Å². The lowest BCUT2D eigenvalue weighted by molar-refractivity contribution is -0.139. The van der Waals surface area contributed by atoms with Gasteiger partial charge in [0.2, 0.25) is 0 Å². The molecule has 0 amide bonds. The Morgan fingerprint density at radius 3 is 2.65 bits per heavy atom. The molecule has 2 nitrogen and oxygen atoms in total. The fourth-order valence-corrected chi connectivity index (χ4v) is 1.75. The molecule has 1 heterocycles. The van der Waals surface area contributed by atoms with Crippen LogP contribution >= 0.6 is 11.6 Å². The van der Waals surface area contributed by atoms with Gasteiger partial charge in [-0.2, -0.15) is 13.2 Å². The van der Waals surface area contributed by atoms with E-state index in [1.165, 1.54) is 6.07 Å². The van der Waals surface area contributed by atoms with Gasteiger partial charge in [-0.1, -0.05) is 11.6 Å². The van der Waals surface area contributed by atoms with Crippen LogP contribution in [0.5, 0.6) is 0 Å². The Morgan fingerprint density at radius 2 is 2.00 bits per heavy atom. The van der Waals surface area contributed by atoms with Gasteiger partial charge in [0.25, 0.3) is 0 Å². The first-order valence-corrected chi connectivity index (χ1v) is 5.24. The zero-order valence-electron chi connectivity index (χ0n) is 8.59. The van der Waals surface area contributed by atoms with Crippen molar-refractivity contribution >= 4 is 22.6 Å². The standard InChI is InChI=1S/C11H9ClF3NO/c12-7-1-2-9-6(3-7)4-10(17-9)8(16)5-11(13,14)15/h1-4,8H,5,16H2. The number of benzene rings is 1.